The Morgan fingerprint density at radius 3 is 2.86 bits per heavy atom. The van der Waals surface area contributed by atoms with Crippen molar-refractivity contribution < 1.29 is 4.74 Å². The first kappa shape index (κ1) is 10.0. The van der Waals surface area contributed by atoms with Gasteiger partial charge in [-0.15, -0.1) is 0 Å². The molecule has 0 bridgehead atoms. The number of hydrogen-bond donors (Lipinski definition) is 0. The number of rotatable bonds is 0. The molecule has 0 radical (unpaired) electrons. The van der Waals surface area contributed by atoms with Crippen molar-refractivity contribution in [3.8, 4) is 0 Å². The van der Waals surface area contributed by atoms with Crippen molar-refractivity contribution in [2.75, 3.05) is 0 Å². The molecule has 1 unspecified atom stereocenters. The Balaban J connectivity index is 2.57. The summed E-state index contributed by atoms with van der Waals surface area (Å²) in [7, 11) is 0. The van der Waals surface area contributed by atoms with Crippen molar-refractivity contribution in [2.24, 2.45) is 0 Å². The van der Waals surface area contributed by atoms with E-state index in [4.69, 9.17) is 16.3 Å². The number of halogens is 1. The summed E-state index contributed by atoms with van der Waals surface area (Å²) in [6.07, 6.45) is 1.16. The highest BCUT2D eigenvalue weighted by molar-refractivity contribution is 6.31. The van der Waals surface area contributed by atoms with E-state index in [0.717, 1.165) is 11.4 Å². The summed E-state index contributed by atoms with van der Waals surface area (Å²) < 4.78 is 5.90. The average molecular weight is 211 g/mol. The SMILES string of the molecule is CC1Cc2c(Cl)cccc2C(C)(C)O1. The lowest BCUT2D eigenvalue weighted by molar-refractivity contribution is -0.0793. The third-order valence-corrected chi connectivity index (χ3v) is 3.11. The number of fused-ring (bicyclic) bond motifs is 1. The van der Waals surface area contributed by atoms with Gasteiger partial charge in [0.2, 0.25) is 0 Å². The van der Waals surface area contributed by atoms with Crippen molar-refractivity contribution in [1.29, 1.82) is 0 Å². The highest BCUT2D eigenvalue weighted by Gasteiger charge is 2.32. The van der Waals surface area contributed by atoms with E-state index in [0.29, 0.717) is 0 Å². The minimum absolute atomic E-state index is 0.210. The van der Waals surface area contributed by atoms with Crippen LogP contribution in [0.4, 0.5) is 0 Å². The largest absolute Gasteiger partial charge is 0.368 e. The van der Waals surface area contributed by atoms with Gasteiger partial charge < -0.3 is 4.74 Å². The molecule has 0 fully saturated rings. The molecule has 1 aromatic rings. The summed E-state index contributed by atoms with van der Waals surface area (Å²) in [6.45, 7) is 6.28. The van der Waals surface area contributed by atoms with Gasteiger partial charge in [-0.3, -0.25) is 0 Å². The molecule has 1 nitrogen and oxygen atoms in total. The summed E-state index contributed by atoms with van der Waals surface area (Å²) in [4.78, 5) is 0. The highest BCUT2D eigenvalue weighted by Crippen LogP contribution is 2.37. The summed E-state index contributed by atoms with van der Waals surface area (Å²) in [5.74, 6) is 0. The molecular formula is C12H15ClO. The topological polar surface area (TPSA) is 9.23 Å². The quantitative estimate of drug-likeness (QED) is 0.637. The van der Waals surface area contributed by atoms with Crippen molar-refractivity contribution in [3.63, 3.8) is 0 Å². The Kier molecular flexibility index (Phi) is 2.32. The third-order valence-electron chi connectivity index (χ3n) is 2.75. The van der Waals surface area contributed by atoms with Gasteiger partial charge in [0.15, 0.2) is 0 Å². The third kappa shape index (κ3) is 1.55. The Labute approximate surface area is 90.0 Å². The fourth-order valence-corrected chi connectivity index (χ4v) is 2.48. The van der Waals surface area contributed by atoms with Crippen LogP contribution >= 0.6 is 11.6 Å². The molecule has 2 heteroatoms. The van der Waals surface area contributed by atoms with E-state index < -0.39 is 0 Å². The predicted molar refractivity (Wildman–Crippen MR) is 58.7 cm³/mol. The summed E-state index contributed by atoms with van der Waals surface area (Å²) in [6, 6.07) is 6.05. The van der Waals surface area contributed by atoms with Crippen LogP contribution in [0.25, 0.3) is 0 Å². The molecule has 1 aliphatic heterocycles. The lowest BCUT2D eigenvalue weighted by Crippen LogP contribution is -2.34. The van der Waals surface area contributed by atoms with E-state index in [-0.39, 0.29) is 11.7 Å². The summed E-state index contributed by atoms with van der Waals surface area (Å²) in [5.41, 5.74) is 2.26. The van der Waals surface area contributed by atoms with Crippen LogP contribution in [0.15, 0.2) is 18.2 Å². The molecule has 0 aliphatic carbocycles. The minimum atomic E-state index is -0.210. The van der Waals surface area contributed by atoms with E-state index in [1.54, 1.807) is 0 Å². The smallest absolute Gasteiger partial charge is 0.0882 e. The van der Waals surface area contributed by atoms with E-state index in [2.05, 4.69) is 26.8 Å². The maximum Gasteiger partial charge on any atom is 0.0882 e. The Morgan fingerprint density at radius 2 is 2.14 bits per heavy atom. The van der Waals surface area contributed by atoms with Gasteiger partial charge in [0.25, 0.3) is 0 Å². The van der Waals surface area contributed by atoms with E-state index >= 15 is 0 Å². The first-order valence-corrected chi connectivity index (χ1v) is 5.34. The van der Waals surface area contributed by atoms with Gasteiger partial charge in [0.05, 0.1) is 11.7 Å². The molecule has 14 heavy (non-hydrogen) atoms. The molecule has 0 aromatic heterocycles. The van der Waals surface area contributed by atoms with Crippen molar-refractivity contribution in [2.45, 2.75) is 38.9 Å². The molecule has 1 aliphatic rings. The molecule has 0 saturated heterocycles. The van der Waals surface area contributed by atoms with Gasteiger partial charge in [-0.1, -0.05) is 23.7 Å². The molecular weight excluding hydrogens is 196 g/mol. The zero-order chi connectivity index (χ0) is 10.3. The summed E-state index contributed by atoms with van der Waals surface area (Å²) >= 11 is 6.18. The van der Waals surface area contributed by atoms with Crippen LogP contribution in [0.3, 0.4) is 0 Å². The van der Waals surface area contributed by atoms with Gasteiger partial charge in [0.1, 0.15) is 0 Å². The van der Waals surface area contributed by atoms with E-state index in [1.165, 1.54) is 11.1 Å². The minimum Gasteiger partial charge on any atom is -0.368 e. The van der Waals surface area contributed by atoms with Gasteiger partial charge >= 0.3 is 0 Å². The van der Waals surface area contributed by atoms with Crippen LogP contribution in [0.5, 0.6) is 0 Å². The van der Waals surface area contributed by atoms with Gasteiger partial charge in [-0.05, 0) is 38.0 Å². The lowest BCUT2D eigenvalue weighted by atomic mass is 9.87. The highest BCUT2D eigenvalue weighted by atomic mass is 35.5. The van der Waals surface area contributed by atoms with E-state index in [9.17, 15) is 0 Å². The van der Waals surface area contributed by atoms with Crippen LogP contribution in [0.2, 0.25) is 5.02 Å². The number of hydrogen-bond acceptors (Lipinski definition) is 1. The zero-order valence-corrected chi connectivity index (χ0v) is 9.56. The zero-order valence-electron chi connectivity index (χ0n) is 8.80. The first-order chi connectivity index (χ1) is 6.50. The lowest BCUT2D eigenvalue weighted by Gasteiger charge is -2.37. The van der Waals surface area contributed by atoms with Crippen LogP contribution in [0, 0.1) is 0 Å². The average Bonchev–Trinajstić information content (AvgIpc) is 2.05. The normalized spacial score (nSPS) is 24.4. The molecule has 2 rings (SSSR count). The second-order valence-corrected chi connectivity index (χ2v) is 4.82. The maximum absolute atomic E-state index is 6.18. The second-order valence-electron chi connectivity index (χ2n) is 4.41. The van der Waals surface area contributed by atoms with Crippen molar-refractivity contribution >= 4 is 11.6 Å². The predicted octanol–water partition coefficient (Wildman–Crippen LogP) is 3.54. The Hall–Kier alpha value is -0.530. The maximum atomic E-state index is 6.18. The number of ether oxygens (including phenoxy) is 1. The molecule has 1 heterocycles. The fraction of sp³-hybridized carbons (Fsp3) is 0.500. The standard InChI is InChI=1S/C12H15ClO/c1-8-7-9-10(12(2,3)14-8)5-4-6-11(9)13/h4-6,8H,7H2,1-3H3. The van der Waals surface area contributed by atoms with Crippen LogP contribution < -0.4 is 0 Å². The fourth-order valence-electron chi connectivity index (χ4n) is 2.23. The molecule has 76 valence electrons. The Bertz CT molecular complexity index is 357. The first-order valence-electron chi connectivity index (χ1n) is 4.96. The molecule has 0 saturated carbocycles. The Morgan fingerprint density at radius 1 is 1.43 bits per heavy atom. The molecule has 0 spiro atoms. The van der Waals surface area contributed by atoms with Crippen LogP contribution in [-0.4, -0.2) is 6.10 Å². The van der Waals surface area contributed by atoms with E-state index in [1.807, 2.05) is 12.1 Å². The molecule has 0 amide bonds. The van der Waals surface area contributed by atoms with Crippen LogP contribution in [0.1, 0.15) is 31.9 Å². The molecule has 1 atom stereocenters. The van der Waals surface area contributed by atoms with Crippen molar-refractivity contribution in [3.05, 3.63) is 34.3 Å². The molecule has 0 N–H and O–H groups in total. The second kappa shape index (κ2) is 3.25. The monoisotopic (exact) mass is 210 g/mol. The summed E-state index contributed by atoms with van der Waals surface area (Å²) in [5, 5.41) is 0.866. The van der Waals surface area contributed by atoms with Crippen molar-refractivity contribution in [1.82, 2.24) is 0 Å². The van der Waals surface area contributed by atoms with Gasteiger partial charge in [0, 0.05) is 11.4 Å². The van der Waals surface area contributed by atoms with Gasteiger partial charge in [-0.25, -0.2) is 0 Å². The van der Waals surface area contributed by atoms with Crippen LogP contribution in [-0.2, 0) is 16.8 Å². The molecule has 1 aromatic carbocycles. The van der Waals surface area contributed by atoms with Gasteiger partial charge in [-0.2, -0.15) is 0 Å². The number of benzene rings is 1.